The highest BCUT2D eigenvalue weighted by molar-refractivity contribution is 7.10. The van der Waals surface area contributed by atoms with Crippen LogP contribution in [0.4, 0.5) is 0 Å². The lowest BCUT2D eigenvalue weighted by molar-refractivity contribution is -0.135. The number of amides is 1. The van der Waals surface area contributed by atoms with Crippen LogP contribution in [0.2, 0.25) is 0 Å². The van der Waals surface area contributed by atoms with Gasteiger partial charge < -0.3 is 9.84 Å². The zero-order chi connectivity index (χ0) is 21.5. The number of guanidine groups is 1. The van der Waals surface area contributed by atoms with Crippen LogP contribution in [0, 0.1) is 29.6 Å². The normalized spacial score (nSPS) is 21.4. The van der Waals surface area contributed by atoms with E-state index >= 15 is 0 Å². The summed E-state index contributed by atoms with van der Waals surface area (Å²) < 4.78 is 5.38. The molecule has 4 rings (SSSR count). The minimum absolute atomic E-state index is 0.0638. The second kappa shape index (κ2) is 7.43. The number of benzene rings is 1. The van der Waals surface area contributed by atoms with Crippen molar-refractivity contribution in [3.05, 3.63) is 63.7 Å². The van der Waals surface area contributed by atoms with Crippen LogP contribution in [0.3, 0.4) is 0 Å². The molecule has 0 spiro atoms. The molecular formula is C22H21N5O2S. The molecule has 1 saturated heterocycles. The van der Waals surface area contributed by atoms with Crippen LogP contribution in [0.25, 0.3) is 11.1 Å². The second-order valence-corrected chi connectivity index (χ2v) is 8.57. The minimum Gasteiger partial charge on any atom is -0.361 e. The van der Waals surface area contributed by atoms with E-state index < -0.39 is 11.5 Å². The van der Waals surface area contributed by atoms with Gasteiger partial charge in [0.2, 0.25) is 5.91 Å². The summed E-state index contributed by atoms with van der Waals surface area (Å²) in [7, 11) is 1.60. The van der Waals surface area contributed by atoms with Crippen molar-refractivity contribution in [1.82, 2.24) is 15.4 Å². The number of hydrogen-bond donors (Lipinski definition) is 2. The molecule has 2 N–H and O–H groups in total. The Bertz CT molecular complexity index is 1170. The van der Waals surface area contributed by atoms with Crippen LogP contribution >= 0.6 is 11.3 Å². The van der Waals surface area contributed by atoms with Gasteiger partial charge in [-0.1, -0.05) is 17.3 Å². The molecule has 7 nitrogen and oxygen atoms in total. The third kappa shape index (κ3) is 3.37. The van der Waals surface area contributed by atoms with Gasteiger partial charge >= 0.3 is 0 Å². The molecular weight excluding hydrogens is 398 g/mol. The molecule has 1 aromatic carbocycles. The van der Waals surface area contributed by atoms with Crippen molar-refractivity contribution in [2.75, 3.05) is 7.05 Å². The highest BCUT2D eigenvalue weighted by atomic mass is 32.1. The van der Waals surface area contributed by atoms with Crippen LogP contribution in [-0.4, -0.2) is 29.0 Å². The lowest BCUT2D eigenvalue weighted by Gasteiger charge is -2.44. The number of rotatable bonds is 4. The summed E-state index contributed by atoms with van der Waals surface area (Å²) in [5.74, 6) is 0.0887. The van der Waals surface area contributed by atoms with E-state index in [2.05, 4.69) is 16.5 Å². The average molecular weight is 420 g/mol. The highest BCUT2D eigenvalue weighted by Crippen LogP contribution is 2.41. The summed E-state index contributed by atoms with van der Waals surface area (Å²) in [5, 5.41) is 26.6. The molecule has 0 aliphatic carbocycles. The van der Waals surface area contributed by atoms with Gasteiger partial charge in [0.05, 0.1) is 28.8 Å². The first-order valence-corrected chi connectivity index (χ1v) is 10.4. The topological polar surface area (TPSA) is 106 Å². The van der Waals surface area contributed by atoms with E-state index in [0.717, 1.165) is 21.7 Å². The number of carbonyl (C=O) groups is 1. The molecule has 2 atom stereocenters. The molecule has 0 unspecified atom stereocenters. The van der Waals surface area contributed by atoms with Crippen molar-refractivity contribution in [3.63, 3.8) is 0 Å². The number of aryl methyl sites for hydroxylation is 1. The molecule has 8 heteroatoms. The first-order valence-electron chi connectivity index (χ1n) is 9.48. The van der Waals surface area contributed by atoms with Gasteiger partial charge in [-0.05, 0) is 48.6 Å². The van der Waals surface area contributed by atoms with Gasteiger partial charge in [0.25, 0.3) is 0 Å². The molecule has 152 valence electrons. The van der Waals surface area contributed by atoms with Crippen LogP contribution in [0.5, 0.6) is 0 Å². The van der Waals surface area contributed by atoms with E-state index in [4.69, 9.17) is 9.93 Å². The molecule has 0 saturated carbocycles. The Labute approximate surface area is 178 Å². The van der Waals surface area contributed by atoms with E-state index in [9.17, 15) is 10.1 Å². The van der Waals surface area contributed by atoms with E-state index in [1.165, 1.54) is 16.2 Å². The van der Waals surface area contributed by atoms with E-state index in [1.54, 1.807) is 13.1 Å². The van der Waals surface area contributed by atoms with E-state index in [-0.39, 0.29) is 11.9 Å². The monoisotopic (exact) mass is 419 g/mol. The van der Waals surface area contributed by atoms with Gasteiger partial charge in [-0.15, -0.1) is 11.3 Å². The largest absolute Gasteiger partial charge is 0.361 e. The number of carbonyl (C=O) groups excluding carboxylic acids is 1. The molecule has 1 aliphatic rings. The van der Waals surface area contributed by atoms with Crippen molar-refractivity contribution < 1.29 is 9.32 Å². The number of thiophene rings is 1. The summed E-state index contributed by atoms with van der Waals surface area (Å²) >= 11 is 1.53. The van der Waals surface area contributed by atoms with Crippen LogP contribution in [-0.2, 0) is 16.8 Å². The quantitative estimate of drug-likeness (QED) is 0.671. The number of nitrogens with one attached hydrogen (secondary N) is 2. The summed E-state index contributed by atoms with van der Waals surface area (Å²) in [6, 6.07) is 13.5. The summed E-state index contributed by atoms with van der Waals surface area (Å²) in [6.45, 7) is 3.79. The standard InChI is InChI=1S/C22H21N5O2S/c1-13-7-17(29-26-13)10-18-20(28)27(3)21(24)25-22(18,2)19-9-16(12-30-19)15-6-4-5-14(8-15)11-23/h4-9,12,18H,10H2,1-3H3,(H2,24,25)/t18-,22+/m1/s1. The van der Waals surface area contributed by atoms with Gasteiger partial charge in [-0.3, -0.25) is 15.1 Å². The van der Waals surface area contributed by atoms with Gasteiger partial charge in [-0.2, -0.15) is 5.26 Å². The third-order valence-corrected chi connectivity index (χ3v) is 6.73. The number of nitriles is 1. The van der Waals surface area contributed by atoms with E-state index in [1.807, 2.05) is 49.6 Å². The van der Waals surface area contributed by atoms with Gasteiger partial charge in [-0.25, -0.2) is 0 Å². The fourth-order valence-corrected chi connectivity index (χ4v) is 4.87. The Morgan fingerprint density at radius 3 is 2.87 bits per heavy atom. The fourth-order valence-electron chi connectivity index (χ4n) is 3.77. The molecule has 1 fully saturated rings. The minimum atomic E-state index is -0.781. The lowest BCUT2D eigenvalue weighted by Crippen LogP contribution is -2.64. The van der Waals surface area contributed by atoms with Crippen LogP contribution in [0.1, 0.15) is 28.8 Å². The maximum Gasteiger partial charge on any atom is 0.235 e. The Morgan fingerprint density at radius 2 is 2.17 bits per heavy atom. The van der Waals surface area contributed by atoms with Crippen molar-refractivity contribution in [1.29, 1.82) is 10.7 Å². The average Bonchev–Trinajstić information content (AvgIpc) is 3.39. The molecule has 0 bridgehead atoms. The summed E-state index contributed by atoms with van der Waals surface area (Å²) in [6.07, 6.45) is 0.373. The zero-order valence-corrected chi connectivity index (χ0v) is 17.7. The van der Waals surface area contributed by atoms with Crippen LogP contribution < -0.4 is 5.32 Å². The number of hydrogen-bond acceptors (Lipinski definition) is 6. The van der Waals surface area contributed by atoms with Crippen molar-refractivity contribution in [2.24, 2.45) is 5.92 Å². The first kappa shape index (κ1) is 19.9. The Kier molecular flexibility index (Phi) is 4.92. The smallest absolute Gasteiger partial charge is 0.235 e. The van der Waals surface area contributed by atoms with E-state index in [0.29, 0.717) is 17.7 Å². The Morgan fingerprint density at radius 1 is 1.37 bits per heavy atom. The number of nitrogens with zero attached hydrogens (tertiary/aromatic N) is 3. The van der Waals surface area contributed by atoms with Gasteiger partial charge in [0.1, 0.15) is 5.76 Å². The molecule has 2 aromatic heterocycles. The molecule has 3 aromatic rings. The molecule has 30 heavy (non-hydrogen) atoms. The number of aromatic nitrogens is 1. The Hall–Kier alpha value is -3.44. The third-order valence-electron chi connectivity index (χ3n) is 5.56. The van der Waals surface area contributed by atoms with Crippen molar-refractivity contribution in [2.45, 2.75) is 25.8 Å². The van der Waals surface area contributed by atoms with Gasteiger partial charge in [0.15, 0.2) is 5.96 Å². The lowest BCUT2D eigenvalue weighted by atomic mass is 9.78. The molecule has 1 aliphatic heterocycles. The van der Waals surface area contributed by atoms with Crippen molar-refractivity contribution >= 4 is 23.2 Å². The highest BCUT2D eigenvalue weighted by Gasteiger charge is 2.48. The molecule has 3 heterocycles. The predicted octanol–water partition coefficient (Wildman–Crippen LogP) is 3.65. The SMILES string of the molecule is Cc1cc(C[C@@H]2C(=O)N(C)C(=N)N[C@]2(C)c2cc(-c3cccc(C#N)c3)cs2)on1. The second-order valence-electron chi connectivity index (χ2n) is 7.66. The zero-order valence-electron chi connectivity index (χ0n) is 16.9. The Balaban J connectivity index is 1.73. The molecule has 1 amide bonds. The summed E-state index contributed by atoms with van der Waals surface area (Å²) in [5.41, 5.74) is 2.50. The fraction of sp³-hybridized carbons (Fsp3) is 0.273. The maximum atomic E-state index is 13.1. The predicted molar refractivity (Wildman–Crippen MR) is 114 cm³/mol. The maximum absolute atomic E-state index is 13.1. The van der Waals surface area contributed by atoms with Gasteiger partial charge in [0, 0.05) is 24.4 Å². The van der Waals surface area contributed by atoms with Crippen LogP contribution in [0.15, 0.2) is 46.3 Å². The molecule has 0 radical (unpaired) electrons. The summed E-state index contributed by atoms with van der Waals surface area (Å²) in [4.78, 5) is 15.4. The first-order chi connectivity index (χ1) is 14.3. The van der Waals surface area contributed by atoms with Crippen molar-refractivity contribution in [3.8, 4) is 17.2 Å².